The van der Waals surface area contributed by atoms with E-state index in [2.05, 4.69) is 11.4 Å². The molecule has 2 aromatic rings. The summed E-state index contributed by atoms with van der Waals surface area (Å²) >= 11 is 6.25. The van der Waals surface area contributed by atoms with E-state index in [9.17, 15) is 13.2 Å². The molecule has 0 aliphatic carbocycles. The molecule has 0 saturated carbocycles. The monoisotopic (exact) mass is 434 g/mol. The van der Waals surface area contributed by atoms with Crippen LogP contribution in [0.25, 0.3) is 0 Å². The fourth-order valence-electron chi connectivity index (χ4n) is 3.55. The first kappa shape index (κ1) is 21.8. The van der Waals surface area contributed by atoms with Gasteiger partial charge in [0.25, 0.3) is 5.91 Å². The van der Waals surface area contributed by atoms with Gasteiger partial charge in [-0.25, -0.2) is 8.42 Å². The van der Waals surface area contributed by atoms with Crippen LogP contribution in [-0.4, -0.2) is 31.7 Å². The van der Waals surface area contributed by atoms with Crippen LogP contribution in [0.5, 0.6) is 0 Å². The molecule has 1 fully saturated rings. The smallest absolute Gasteiger partial charge is 0.253 e. The normalized spacial score (nSPS) is 16.0. The molecule has 0 bridgehead atoms. The third-order valence-corrected chi connectivity index (χ3v) is 7.76. The molecule has 5 nitrogen and oxygen atoms in total. The summed E-state index contributed by atoms with van der Waals surface area (Å²) in [6, 6.07) is 10.3. The van der Waals surface area contributed by atoms with E-state index in [1.165, 1.54) is 28.1 Å². The van der Waals surface area contributed by atoms with Gasteiger partial charge in [0.15, 0.2) is 0 Å². The minimum absolute atomic E-state index is 0.105. The zero-order valence-corrected chi connectivity index (χ0v) is 18.6. The number of carbonyl (C=O) groups is 1. The predicted molar refractivity (Wildman–Crippen MR) is 116 cm³/mol. The highest BCUT2D eigenvalue weighted by molar-refractivity contribution is 7.89. The van der Waals surface area contributed by atoms with Gasteiger partial charge in [0.05, 0.1) is 21.5 Å². The molecule has 2 aromatic carbocycles. The van der Waals surface area contributed by atoms with Crippen LogP contribution in [0.4, 0.5) is 0 Å². The van der Waals surface area contributed by atoms with Crippen LogP contribution in [-0.2, 0) is 10.0 Å². The quantitative estimate of drug-likeness (QED) is 0.721. The van der Waals surface area contributed by atoms with Crippen molar-refractivity contribution in [3.8, 4) is 0 Å². The van der Waals surface area contributed by atoms with Crippen molar-refractivity contribution in [2.75, 3.05) is 13.1 Å². The molecule has 3 rings (SSSR count). The average Bonchev–Trinajstić information content (AvgIpc) is 3.24. The number of amides is 1. The van der Waals surface area contributed by atoms with E-state index in [0.717, 1.165) is 24.0 Å². The second-order valence-electron chi connectivity index (χ2n) is 7.53. The number of carbonyl (C=O) groups excluding carboxylic acids is 1. The molecule has 29 heavy (non-hydrogen) atoms. The molecule has 1 heterocycles. The van der Waals surface area contributed by atoms with Crippen LogP contribution in [0.15, 0.2) is 41.3 Å². The summed E-state index contributed by atoms with van der Waals surface area (Å²) in [6.07, 6.45) is 2.42. The highest BCUT2D eigenvalue weighted by Crippen LogP contribution is 2.27. The maximum atomic E-state index is 13.0. The highest BCUT2D eigenvalue weighted by atomic mass is 35.5. The van der Waals surface area contributed by atoms with Crippen molar-refractivity contribution in [1.29, 1.82) is 0 Å². The summed E-state index contributed by atoms with van der Waals surface area (Å²) in [5, 5.41) is 3.24. The molecule has 1 N–H and O–H groups in total. The predicted octanol–water partition coefficient (Wildman–Crippen LogP) is 4.62. The molecule has 0 radical (unpaired) electrons. The Bertz CT molecular complexity index is 1010. The van der Waals surface area contributed by atoms with Gasteiger partial charge in [-0.1, -0.05) is 36.7 Å². The van der Waals surface area contributed by atoms with Crippen LogP contribution in [0.2, 0.25) is 5.02 Å². The number of hydrogen-bond acceptors (Lipinski definition) is 3. The van der Waals surface area contributed by atoms with Gasteiger partial charge < -0.3 is 5.32 Å². The minimum Gasteiger partial charge on any atom is -0.345 e. The SMILES string of the molecule is CC[C@@H](NC(=O)c1cc(S(=O)(=O)N2CCCC2)ccc1Cl)c1ccc(C)c(C)c1. The Morgan fingerprint density at radius 1 is 1.10 bits per heavy atom. The highest BCUT2D eigenvalue weighted by Gasteiger charge is 2.28. The Kier molecular flexibility index (Phi) is 6.66. The van der Waals surface area contributed by atoms with Crippen molar-refractivity contribution < 1.29 is 13.2 Å². The zero-order valence-electron chi connectivity index (χ0n) is 17.0. The van der Waals surface area contributed by atoms with Gasteiger partial charge in [0, 0.05) is 13.1 Å². The van der Waals surface area contributed by atoms with Crippen molar-refractivity contribution in [2.45, 2.75) is 51.0 Å². The number of benzene rings is 2. The van der Waals surface area contributed by atoms with Crippen molar-refractivity contribution in [1.82, 2.24) is 9.62 Å². The summed E-state index contributed by atoms with van der Waals surface area (Å²) in [5.74, 6) is -0.376. The summed E-state index contributed by atoms with van der Waals surface area (Å²) in [5.41, 5.74) is 3.54. The molecule has 1 saturated heterocycles. The van der Waals surface area contributed by atoms with E-state index >= 15 is 0 Å². The van der Waals surface area contributed by atoms with Gasteiger partial charge in [0.2, 0.25) is 10.0 Å². The lowest BCUT2D eigenvalue weighted by molar-refractivity contribution is 0.0935. The molecule has 0 aromatic heterocycles. The average molecular weight is 435 g/mol. The zero-order chi connectivity index (χ0) is 21.2. The van der Waals surface area contributed by atoms with E-state index in [-0.39, 0.29) is 27.4 Å². The second kappa shape index (κ2) is 8.86. The lowest BCUT2D eigenvalue weighted by atomic mass is 9.99. The van der Waals surface area contributed by atoms with Crippen LogP contribution < -0.4 is 5.32 Å². The largest absolute Gasteiger partial charge is 0.345 e. The number of sulfonamides is 1. The maximum absolute atomic E-state index is 13.0. The maximum Gasteiger partial charge on any atom is 0.253 e. The molecule has 1 atom stereocenters. The van der Waals surface area contributed by atoms with Crippen molar-refractivity contribution in [3.63, 3.8) is 0 Å². The summed E-state index contributed by atoms with van der Waals surface area (Å²) in [4.78, 5) is 13.1. The standard InChI is InChI=1S/C22H27ClN2O3S/c1-4-21(17-8-7-15(2)16(3)13-17)24-22(26)19-14-18(9-10-20(19)23)29(27,28)25-11-5-6-12-25/h7-10,13-14,21H,4-6,11-12H2,1-3H3,(H,24,26)/t21-/m1/s1. The van der Waals surface area contributed by atoms with Crippen LogP contribution in [0.3, 0.4) is 0 Å². The van der Waals surface area contributed by atoms with E-state index in [1.54, 1.807) is 0 Å². The summed E-state index contributed by atoms with van der Waals surface area (Å²) in [6.45, 7) is 7.10. The molecular weight excluding hydrogens is 408 g/mol. The number of nitrogens with one attached hydrogen (secondary N) is 1. The van der Waals surface area contributed by atoms with E-state index in [0.29, 0.717) is 19.5 Å². The summed E-state index contributed by atoms with van der Waals surface area (Å²) in [7, 11) is -3.61. The Morgan fingerprint density at radius 3 is 2.41 bits per heavy atom. The van der Waals surface area contributed by atoms with E-state index in [4.69, 9.17) is 11.6 Å². The van der Waals surface area contributed by atoms with Crippen molar-refractivity contribution in [2.24, 2.45) is 0 Å². The van der Waals surface area contributed by atoms with Gasteiger partial charge in [-0.2, -0.15) is 4.31 Å². The third kappa shape index (κ3) is 4.65. The van der Waals surface area contributed by atoms with Gasteiger partial charge in [-0.05, 0) is 68.0 Å². The Hall–Kier alpha value is -1.89. The fraction of sp³-hybridized carbons (Fsp3) is 0.409. The first-order valence-corrected chi connectivity index (χ1v) is 11.7. The lowest BCUT2D eigenvalue weighted by Gasteiger charge is -2.20. The Balaban J connectivity index is 1.87. The molecule has 156 valence electrons. The van der Waals surface area contributed by atoms with Gasteiger partial charge in [0.1, 0.15) is 0 Å². The van der Waals surface area contributed by atoms with Crippen LogP contribution in [0.1, 0.15) is 59.3 Å². The van der Waals surface area contributed by atoms with Crippen LogP contribution in [0, 0.1) is 13.8 Å². The molecule has 1 aliphatic heterocycles. The molecule has 1 amide bonds. The third-order valence-electron chi connectivity index (χ3n) is 5.53. The lowest BCUT2D eigenvalue weighted by Crippen LogP contribution is -2.30. The van der Waals surface area contributed by atoms with E-state index in [1.807, 2.05) is 32.9 Å². The topological polar surface area (TPSA) is 66.5 Å². The number of rotatable bonds is 6. The summed E-state index contributed by atoms with van der Waals surface area (Å²) < 4.78 is 27.1. The molecule has 7 heteroatoms. The fourth-order valence-corrected chi connectivity index (χ4v) is 5.30. The number of nitrogens with zero attached hydrogens (tertiary/aromatic N) is 1. The molecular formula is C22H27ClN2O3S. The van der Waals surface area contributed by atoms with Gasteiger partial charge in [-0.15, -0.1) is 0 Å². The van der Waals surface area contributed by atoms with Crippen molar-refractivity contribution in [3.05, 3.63) is 63.7 Å². The first-order valence-electron chi connectivity index (χ1n) is 9.91. The van der Waals surface area contributed by atoms with E-state index < -0.39 is 10.0 Å². The Morgan fingerprint density at radius 2 is 1.79 bits per heavy atom. The van der Waals surface area contributed by atoms with Crippen LogP contribution >= 0.6 is 11.6 Å². The first-order chi connectivity index (χ1) is 13.7. The molecule has 0 unspecified atom stereocenters. The van der Waals surface area contributed by atoms with Gasteiger partial charge >= 0.3 is 0 Å². The van der Waals surface area contributed by atoms with Gasteiger partial charge in [-0.3, -0.25) is 4.79 Å². The molecule has 0 spiro atoms. The number of hydrogen-bond donors (Lipinski definition) is 1. The van der Waals surface area contributed by atoms with Crippen molar-refractivity contribution >= 4 is 27.5 Å². The molecule has 1 aliphatic rings. The Labute approximate surface area is 178 Å². The second-order valence-corrected chi connectivity index (χ2v) is 9.88. The number of aryl methyl sites for hydroxylation is 2. The minimum atomic E-state index is -3.61. The number of halogens is 1.